The van der Waals surface area contributed by atoms with Crippen molar-refractivity contribution in [3.05, 3.63) is 29.3 Å². The van der Waals surface area contributed by atoms with E-state index >= 15 is 0 Å². The van der Waals surface area contributed by atoms with Crippen LogP contribution in [0.5, 0.6) is 0 Å². The summed E-state index contributed by atoms with van der Waals surface area (Å²) in [6.45, 7) is 1.14. The monoisotopic (exact) mass is 302 g/mol. The Labute approximate surface area is 120 Å². The van der Waals surface area contributed by atoms with E-state index < -0.39 is 12.8 Å². The van der Waals surface area contributed by atoms with E-state index in [2.05, 4.69) is 10.6 Å². The van der Waals surface area contributed by atoms with Gasteiger partial charge >= 0.3 is 6.18 Å². The van der Waals surface area contributed by atoms with Crippen LogP contribution in [0.15, 0.2) is 18.2 Å². The van der Waals surface area contributed by atoms with Crippen LogP contribution in [0.2, 0.25) is 0 Å². The van der Waals surface area contributed by atoms with Gasteiger partial charge < -0.3 is 15.4 Å². The third-order valence-electron chi connectivity index (χ3n) is 3.16. The molecule has 1 aromatic rings. The molecule has 2 N–H and O–H groups in total. The first kappa shape index (κ1) is 15.8. The number of hydrogen-bond donors (Lipinski definition) is 2. The molecule has 0 spiro atoms. The Bertz CT molecular complexity index is 517. The van der Waals surface area contributed by atoms with Crippen molar-refractivity contribution in [2.24, 2.45) is 0 Å². The Kier molecular flexibility index (Phi) is 4.84. The van der Waals surface area contributed by atoms with Crippen molar-refractivity contribution in [1.82, 2.24) is 5.32 Å². The summed E-state index contributed by atoms with van der Waals surface area (Å²) in [5.74, 6) is -0.0736. The SMILES string of the molecule is CCNC(COCC(F)(F)F)c1ccc2c(c1)CC(=O)N2. The van der Waals surface area contributed by atoms with E-state index in [9.17, 15) is 18.0 Å². The highest BCUT2D eigenvalue weighted by molar-refractivity contribution is 5.99. The first-order valence-electron chi connectivity index (χ1n) is 6.69. The number of hydrogen-bond acceptors (Lipinski definition) is 3. The molecule has 1 heterocycles. The molecule has 0 fully saturated rings. The van der Waals surface area contributed by atoms with Crippen LogP contribution in [-0.2, 0) is 16.0 Å². The second-order valence-corrected chi connectivity index (χ2v) is 4.88. The number of amides is 1. The Morgan fingerprint density at radius 1 is 1.43 bits per heavy atom. The van der Waals surface area contributed by atoms with Gasteiger partial charge in [-0.05, 0) is 23.7 Å². The lowest BCUT2D eigenvalue weighted by atomic mass is 10.0. The molecule has 7 heteroatoms. The number of halogens is 3. The smallest absolute Gasteiger partial charge is 0.370 e. The molecule has 1 atom stereocenters. The van der Waals surface area contributed by atoms with Gasteiger partial charge in [-0.15, -0.1) is 0 Å². The summed E-state index contributed by atoms with van der Waals surface area (Å²) < 4.78 is 41.1. The maximum absolute atomic E-state index is 12.1. The molecule has 0 aliphatic carbocycles. The minimum absolute atomic E-state index is 0.0736. The molecule has 2 rings (SSSR count). The first-order valence-corrected chi connectivity index (χ1v) is 6.69. The molecule has 0 aromatic heterocycles. The van der Waals surface area contributed by atoms with Gasteiger partial charge in [-0.2, -0.15) is 13.2 Å². The summed E-state index contributed by atoms with van der Waals surface area (Å²) in [7, 11) is 0. The number of carbonyl (C=O) groups excluding carboxylic acids is 1. The van der Waals surface area contributed by atoms with Crippen LogP contribution in [0.4, 0.5) is 18.9 Å². The highest BCUT2D eigenvalue weighted by atomic mass is 19.4. The lowest BCUT2D eigenvalue weighted by molar-refractivity contribution is -0.175. The molecule has 21 heavy (non-hydrogen) atoms. The normalized spacial score (nSPS) is 15.7. The third kappa shape index (κ3) is 4.44. The maximum atomic E-state index is 12.1. The van der Waals surface area contributed by atoms with Crippen LogP contribution in [0, 0.1) is 0 Å². The lowest BCUT2D eigenvalue weighted by Crippen LogP contribution is -2.28. The standard InChI is InChI=1S/C14H17F3N2O2/c1-2-18-12(7-21-8-14(15,16)17)9-3-4-11-10(5-9)6-13(20)19-11/h3-5,12,18H,2,6-8H2,1H3,(H,19,20). The Morgan fingerprint density at radius 3 is 2.86 bits per heavy atom. The highest BCUT2D eigenvalue weighted by Crippen LogP contribution is 2.27. The quantitative estimate of drug-likeness (QED) is 0.848. The summed E-state index contributed by atoms with van der Waals surface area (Å²) >= 11 is 0. The van der Waals surface area contributed by atoms with Crippen molar-refractivity contribution in [3.63, 3.8) is 0 Å². The zero-order valence-corrected chi connectivity index (χ0v) is 11.6. The van der Waals surface area contributed by atoms with Gasteiger partial charge in [0.1, 0.15) is 6.61 Å². The van der Waals surface area contributed by atoms with Crippen LogP contribution >= 0.6 is 0 Å². The molecule has 1 aliphatic heterocycles. The number of nitrogens with one attached hydrogen (secondary N) is 2. The molecule has 1 amide bonds. The topological polar surface area (TPSA) is 50.4 Å². The molecule has 0 saturated carbocycles. The number of alkyl halides is 3. The minimum Gasteiger partial charge on any atom is -0.370 e. The minimum atomic E-state index is -4.33. The number of carbonyl (C=O) groups is 1. The van der Waals surface area contributed by atoms with Crippen molar-refractivity contribution >= 4 is 11.6 Å². The average molecular weight is 302 g/mol. The second kappa shape index (κ2) is 6.44. The molecule has 116 valence electrons. The van der Waals surface area contributed by atoms with Crippen LogP contribution < -0.4 is 10.6 Å². The second-order valence-electron chi connectivity index (χ2n) is 4.88. The molecule has 0 bridgehead atoms. The molecule has 0 saturated heterocycles. The predicted molar refractivity (Wildman–Crippen MR) is 72.1 cm³/mol. The zero-order chi connectivity index (χ0) is 15.5. The van der Waals surface area contributed by atoms with Gasteiger partial charge in [0.2, 0.25) is 5.91 Å². The fourth-order valence-electron chi connectivity index (χ4n) is 2.28. The molecular weight excluding hydrogens is 285 g/mol. The van der Waals surface area contributed by atoms with E-state index in [1.807, 2.05) is 13.0 Å². The van der Waals surface area contributed by atoms with Crippen molar-refractivity contribution in [2.45, 2.75) is 25.6 Å². The number of anilines is 1. The van der Waals surface area contributed by atoms with Crippen LogP contribution in [0.3, 0.4) is 0 Å². The Balaban J connectivity index is 2.04. The molecule has 1 unspecified atom stereocenters. The van der Waals surface area contributed by atoms with Crippen molar-refractivity contribution in [1.29, 1.82) is 0 Å². The van der Waals surface area contributed by atoms with E-state index in [4.69, 9.17) is 4.74 Å². The van der Waals surface area contributed by atoms with E-state index in [-0.39, 0.29) is 18.6 Å². The van der Waals surface area contributed by atoms with Crippen molar-refractivity contribution < 1.29 is 22.7 Å². The summed E-state index contributed by atoms with van der Waals surface area (Å²) in [5, 5.41) is 5.81. The predicted octanol–water partition coefficient (Wildman–Crippen LogP) is 2.41. The van der Waals surface area contributed by atoms with Gasteiger partial charge in [0.25, 0.3) is 0 Å². The fraction of sp³-hybridized carbons (Fsp3) is 0.500. The van der Waals surface area contributed by atoms with Gasteiger partial charge in [0.15, 0.2) is 0 Å². The lowest BCUT2D eigenvalue weighted by Gasteiger charge is -2.19. The van der Waals surface area contributed by atoms with Gasteiger partial charge in [-0.3, -0.25) is 4.79 Å². The van der Waals surface area contributed by atoms with E-state index in [0.29, 0.717) is 13.0 Å². The van der Waals surface area contributed by atoms with Gasteiger partial charge in [0.05, 0.1) is 19.1 Å². The fourth-order valence-corrected chi connectivity index (χ4v) is 2.28. The number of fused-ring (bicyclic) bond motifs is 1. The molecule has 0 radical (unpaired) electrons. The van der Waals surface area contributed by atoms with Crippen LogP contribution in [-0.4, -0.2) is 31.8 Å². The highest BCUT2D eigenvalue weighted by Gasteiger charge is 2.28. The largest absolute Gasteiger partial charge is 0.411 e. The van der Waals surface area contributed by atoms with E-state index in [1.165, 1.54) is 0 Å². The van der Waals surface area contributed by atoms with Crippen molar-refractivity contribution in [2.75, 3.05) is 25.1 Å². The maximum Gasteiger partial charge on any atom is 0.411 e. The zero-order valence-electron chi connectivity index (χ0n) is 11.6. The van der Waals surface area contributed by atoms with E-state index in [1.54, 1.807) is 12.1 Å². The van der Waals surface area contributed by atoms with Gasteiger partial charge in [-0.25, -0.2) is 0 Å². The van der Waals surface area contributed by atoms with Crippen LogP contribution in [0.1, 0.15) is 24.1 Å². The van der Waals surface area contributed by atoms with Crippen LogP contribution in [0.25, 0.3) is 0 Å². The number of benzene rings is 1. The number of ether oxygens (including phenoxy) is 1. The summed E-state index contributed by atoms with van der Waals surface area (Å²) in [4.78, 5) is 11.3. The molecular formula is C14H17F3N2O2. The van der Waals surface area contributed by atoms with Crippen molar-refractivity contribution in [3.8, 4) is 0 Å². The molecule has 1 aliphatic rings. The summed E-state index contributed by atoms with van der Waals surface area (Å²) in [6.07, 6.45) is -4.03. The Morgan fingerprint density at radius 2 is 2.19 bits per heavy atom. The average Bonchev–Trinajstić information content (AvgIpc) is 2.75. The van der Waals surface area contributed by atoms with Gasteiger partial charge in [0, 0.05) is 5.69 Å². The third-order valence-corrected chi connectivity index (χ3v) is 3.16. The number of rotatable bonds is 6. The summed E-state index contributed by atoms with van der Waals surface area (Å²) in [6, 6.07) is 5.05. The Hall–Kier alpha value is -1.60. The number of likely N-dealkylation sites (N-methyl/N-ethyl adjacent to an activating group) is 1. The van der Waals surface area contributed by atoms with Gasteiger partial charge in [-0.1, -0.05) is 19.1 Å². The first-order chi connectivity index (χ1) is 9.89. The molecule has 1 aromatic carbocycles. The summed E-state index contributed by atoms with van der Waals surface area (Å²) in [5.41, 5.74) is 2.43. The van der Waals surface area contributed by atoms with E-state index in [0.717, 1.165) is 16.8 Å². The molecule has 4 nitrogen and oxygen atoms in total.